The number of nitro benzene ring substituents is 1. The minimum absolute atomic E-state index is 0.00379. The van der Waals surface area contributed by atoms with Crippen LogP contribution in [0.15, 0.2) is 36.4 Å². The molecule has 0 saturated carbocycles. The Kier molecular flexibility index (Phi) is 3.06. The van der Waals surface area contributed by atoms with E-state index in [-0.39, 0.29) is 17.1 Å². The number of rotatable bonds is 3. The van der Waals surface area contributed by atoms with Crippen LogP contribution in [0, 0.1) is 20.2 Å². The maximum Gasteiger partial charge on any atom is 0.364 e. The molecule has 1 heterocycles. The van der Waals surface area contributed by atoms with Crippen molar-refractivity contribution in [2.24, 2.45) is 0 Å². The predicted octanol–water partition coefficient (Wildman–Crippen LogP) is 2.27. The molecule has 8 heteroatoms. The number of hydrogen-bond acceptors (Lipinski definition) is 6. The third-order valence-corrected chi connectivity index (χ3v) is 2.40. The van der Waals surface area contributed by atoms with E-state index in [1.54, 1.807) is 0 Å². The summed E-state index contributed by atoms with van der Waals surface area (Å²) < 4.78 is 0. The molecule has 1 aromatic heterocycles. The van der Waals surface area contributed by atoms with Gasteiger partial charge in [0.25, 0.3) is 5.69 Å². The van der Waals surface area contributed by atoms with Crippen LogP contribution in [0.25, 0.3) is 11.3 Å². The van der Waals surface area contributed by atoms with Gasteiger partial charge >= 0.3 is 5.82 Å². The van der Waals surface area contributed by atoms with Gasteiger partial charge in [-0.1, -0.05) is 0 Å². The predicted molar refractivity (Wildman–Crippen MR) is 64.6 cm³/mol. The van der Waals surface area contributed by atoms with Crippen molar-refractivity contribution >= 4 is 11.5 Å². The largest absolute Gasteiger partial charge is 0.504 e. The van der Waals surface area contributed by atoms with E-state index in [1.807, 2.05) is 0 Å². The summed E-state index contributed by atoms with van der Waals surface area (Å²) in [5, 5.41) is 30.8. The zero-order valence-corrected chi connectivity index (χ0v) is 9.39. The first-order valence-corrected chi connectivity index (χ1v) is 5.08. The van der Waals surface area contributed by atoms with Gasteiger partial charge in [-0.3, -0.25) is 10.1 Å². The summed E-state index contributed by atoms with van der Waals surface area (Å²) in [4.78, 5) is 23.6. The van der Waals surface area contributed by atoms with Gasteiger partial charge < -0.3 is 15.2 Å². The molecule has 0 aliphatic carbocycles. The fourth-order valence-corrected chi connectivity index (χ4v) is 1.50. The molecule has 0 bridgehead atoms. The third-order valence-electron chi connectivity index (χ3n) is 2.40. The average molecular weight is 261 g/mol. The lowest BCUT2D eigenvalue weighted by molar-refractivity contribution is -0.389. The van der Waals surface area contributed by atoms with Gasteiger partial charge in [0.15, 0.2) is 5.75 Å². The Labute approximate surface area is 106 Å². The van der Waals surface area contributed by atoms with Gasteiger partial charge in [0.1, 0.15) is 0 Å². The Morgan fingerprint density at radius 1 is 0.947 bits per heavy atom. The van der Waals surface area contributed by atoms with Crippen LogP contribution in [0.2, 0.25) is 0 Å². The molecule has 0 fully saturated rings. The lowest BCUT2D eigenvalue weighted by atomic mass is 10.1. The normalized spacial score (nSPS) is 10.1. The number of aromatic hydroxyl groups is 1. The van der Waals surface area contributed by atoms with Gasteiger partial charge in [-0.15, -0.1) is 0 Å². The lowest BCUT2D eigenvalue weighted by Gasteiger charge is -2.00. The molecule has 0 saturated heterocycles. The summed E-state index contributed by atoms with van der Waals surface area (Å²) in [6.45, 7) is 0. The monoisotopic (exact) mass is 261 g/mol. The van der Waals surface area contributed by atoms with Gasteiger partial charge in [-0.05, 0) is 28.1 Å². The lowest BCUT2D eigenvalue weighted by Crippen LogP contribution is -1.94. The molecule has 19 heavy (non-hydrogen) atoms. The van der Waals surface area contributed by atoms with Crippen molar-refractivity contribution in [3.63, 3.8) is 0 Å². The van der Waals surface area contributed by atoms with E-state index in [2.05, 4.69) is 4.98 Å². The van der Waals surface area contributed by atoms with Crippen LogP contribution in [-0.2, 0) is 0 Å². The van der Waals surface area contributed by atoms with Crippen LogP contribution in [0.1, 0.15) is 0 Å². The summed E-state index contributed by atoms with van der Waals surface area (Å²) in [7, 11) is 0. The average Bonchev–Trinajstić information content (AvgIpc) is 2.39. The van der Waals surface area contributed by atoms with Crippen LogP contribution < -0.4 is 0 Å². The van der Waals surface area contributed by atoms with Crippen molar-refractivity contribution < 1.29 is 15.0 Å². The van der Waals surface area contributed by atoms with Crippen molar-refractivity contribution in [1.29, 1.82) is 0 Å². The molecule has 96 valence electrons. The molecule has 0 amide bonds. The second-order valence-electron chi connectivity index (χ2n) is 3.60. The van der Waals surface area contributed by atoms with Gasteiger partial charge in [0, 0.05) is 23.8 Å². The first-order valence-electron chi connectivity index (χ1n) is 5.08. The quantitative estimate of drug-likeness (QED) is 0.668. The van der Waals surface area contributed by atoms with E-state index >= 15 is 0 Å². The summed E-state index contributed by atoms with van der Waals surface area (Å²) in [6, 6.07) is 7.42. The highest BCUT2D eigenvalue weighted by Crippen LogP contribution is 2.30. The van der Waals surface area contributed by atoms with E-state index in [1.165, 1.54) is 24.3 Å². The molecule has 0 unspecified atom stereocenters. The molecule has 0 aliphatic heterocycles. The maximum atomic E-state index is 10.6. The first-order chi connectivity index (χ1) is 8.99. The van der Waals surface area contributed by atoms with E-state index in [4.69, 9.17) is 0 Å². The topological polar surface area (TPSA) is 119 Å². The van der Waals surface area contributed by atoms with Crippen LogP contribution in [0.4, 0.5) is 11.5 Å². The van der Waals surface area contributed by atoms with E-state index < -0.39 is 15.7 Å². The summed E-state index contributed by atoms with van der Waals surface area (Å²) in [5.41, 5.74) is 0.240. The molecule has 0 atom stereocenters. The Morgan fingerprint density at radius 2 is 1.58 bits per heavy atom. The Bertz CT molecular complexity index is 654. The number of aromatic nitrogens is 1. The highest BCUT2D eigenvalue weighted by atomic mass is 16.6. The van der Waals surface area contributed by atoms with Gasteiger partial charge in [0.2, 0.25) is 5.69 Å². The molecule has 2 aromatic rings. The number of nitrogens with zero attached hydrogens (tertiary/aromatic N) is 3. The minimum atomic E-state index is -0.686. The van der Waals surface area contributed by atoms with Gasteiger partial charge in [-0.2, -0.15) is 0 Å². The number of hydrogen-bond donors (Lipinski definition) is 1. The Morgan fingerprint density at radius 3 is 2.11 bits per heavy atom. The van der Waals surface area contributed by atoms with Crippen molar-refractivity contribution in [3.8, 4) is 17.0 Å². The Balaban J connectivity index is 2.48. The molecule has 1 N–H and O–H groups in total. The molecule has 0 aliphatic rings. The molecule has 1 aromatic carbocycles. The fraction of sp³-hybridized carbons (Fsp3) is 0. The number of non-ortho nitro benzene ring substituents is 1. The van der Waals surface area contributed by atoms with Gasteiger partial charge in [0.05, 0.1) is 4.92 Å². The second kappa shape index (κ2) is 4.69. The van der Waals surface area contributed by atoms with Crippen molar-refractivity contribution in [2.75, 3.05) is 0 Å². The third kappa shape index (κ3) is 2.46. The minimum Gasteiger partial charge on any atom is -0.504 e. The Hall–Kier alpha value is -3.03. The summed E-state index contributed by atoms with van der Waals surface area (Å²) in [6.07, 6.45) is 0. The molecule has 0 radical (unpaired) electrons. The zero-order valence-electron chi connectivity index (χ0n) is 9.39. The summed E-state index contributed by atoms with van der Waals surface area (Å²) in [5.74, 6) is -0.648. The molecular weight excluding hydrogens is 254 g/mol. The van der Waals surface area contributed by atoms with Crippen LogP contribution in [-0.4, -0.2) is 19.9 Å². The SMILES string of the molecule is O=[N+]([O-])c1ccc(-c2nc([N+](=O)[O-])ccc2O)cc1. The fourth-order valence-electron chi connectivity index (χ4n) is 1.50. The maximum absolute atomic E-state index is 10.6. The molecule has 0 spiro atoms. The van der Waals surface area contributed by atoms with Crippen LogP contribution in [0.5, 0.6) is 5.75 Å². The van der Waals surface area contributed by atoms with Crippen molar-refractivity contribution in [1.82, 2.24) is 4.98 Å². The zero-order chi connectivity index (χ0) is 14.0. The van der Waals surface area contributed by atoms with Gasteiger partial charge in [-0.25, -0.2) is 0 Å². The second-order valence-corrected chi connectivity index (χ2v) is 3.60. The number of pyridine rings is 1. The number of nitro groups is 2. The molecule has 2 rings (SSSR count). The van der Waals surface area contributed by atoms with E-state index in [0.717, 1.165) is 12.1 Å². The van der Waals surface area contributed by atoms with Crippen LogP contribution >= 0.6 is 0 Å². The van der Waals surface area contributed by atoms with E-state index in [9.17, 15) is 25.3 Å². The molecular formula is C11H7N3O5. The standard InChI is InChI=1S/C11H7N3O5/c15-9-5-6-10(14(18)19)12-11(9)7-1-3-8(4-2-7)13(16)17/h1-6,15H. The van der Waals surface area contributed by atoms with Crippen molar-refractivity contribution in [2.45, 2.75) is 0 Å². The molecule has 8 nitrogen and oxygen atoms in total. The summed E-state index contributed by atoms with van der Waals surface area (Å²) >= 11 is 0. The van der Waals surface area contributed by atoms with Crippen LogP contribution in [0.3, 0.4) is 0 Å². The van der Waals surface area contributed by atoms with E-state index in [0.29, 0.717) is 5.56 Å². The number of benzene rings is 1. The van der Waals surface area contributed by atoms with Crippen molar-refractivity contribution in [3.05, 3.63) is 56.6 Å². The highest BCUT2D eigenvalue weighted by Gasteiger charge is 2.17. The smallest absolute Gasteiger partial charge is 0.364 e. The first kappa shape index (κ1) is 12.4. The highest BCUT2D eigenvalue weighted by molar-refractivity contribution is 5.67.